The third kappa shape index (κ3) is 4.35. The maximum Gasteiger partial charge on any atom is 0.131 e. The molecule has 1 nitrogen and oxygen atoms in total. The van der Waals surface area contributed by atoms with Crippen LogP contribution in [0.4, 0.5) is 21.5 Å². The van der Waals surface area contributed by atoms with Gasteiger partial charge in [-0.05, 0) is 94.9 Å². The summed E-state index contributed by atoms with van der Waals surface area (Å²) in [7, 11) is 0. The van der Waals surface area contributed by atoms with Crippen molar-refractivity contribution in [3.05, 3.63) is 150 Å². The number of benzene rings is 6. The summed E-state index contributed by atoms with van der Waals surface area (Å²) < 4.78 is 14.8. The lowest BCUT2D eigenvalue weighted by Crippen LogP contribution is -2.10. The Morgan fingerprint density at radius 3 is 1.79 bits per heavy atom. The molecule has 6 rings (SSSR count). The topological polar surface area (TPSA) is 3.24 Å². The van der Waals surface area contributed by atoms with Gasteiger partial charge in [-0.25, -0.2) is 4.39 Å². The van der Waals surface area contributed by atoms with E-state index >= 15 is 0 Å². The molecule has 0 amide bonds. The average molecular weight is 494 g/mol. The minimum absolute atomic E-state index is 0.211. The van der Waals surface area contributed by atoms with Crippen molar-refractivity contribution in [2.75, 3.05) is 4.90 Å². The normalized spacial score (nSPS) is 11.0. The van der Waals surface area contributed by atoms with Gasteiger partial charge in [0.25, 0.3) is 0 Å². The Kier molecular flexibility index (Phi) is 6.23. The summed E-state index contributed by atoms with van der Waals surface area (Å²) in [4.78, 5) is 2.28. The van der Waals surface area contributed by atoms with Gasteiger partial charge in [0.05, 0.1) is 0 Å². The smallest absolute Gasteiger partial charge is 0.131 e. The molecule has 6 aromatic carbocycles. The largest absolute Gasteiger partial charge is 0.310 e. The molecule has 0 aliphatic carbocycles. The van der Waals surface area contributed by atoms with E-state index in [2.05, 4.69) is 110 Å². The van der Waals surface area contributed by atoms with Gasteiger partial charge in [0.1, 0.15) is 5.82 Å². The zero-order valence-electron chi connectivity index (χ0n) is 21.5. The van der Waals surface area contributed by atoms with Crippen LogP contribution in [0.5, 0.6) is 0 Å². The Hall–Kier alpha value is -4.69. The first-order valence-corrected chi connectivity index (χ1v) is 12.9. The second-order valence-corrected chi connectivity index (χ2v) is 9.68. The number of rotatable bonds is 5. The minimum atomic E-state index is -0.211. The third-order valence-corrected chi connectivity index (χ3v) is 7.27. The van der Waals surface area contributed by atoms with Gasteiger partial charge in [0, 0.05) is 22.6 Å². The van der Waals surface area contributed by atoms with E-state index in [-0.39, 0.29) is 5.82 Å². The van der Waals surface area contributed by atoms with Gasteiger partial charge in [0.15, 0.2) is 0 Å². The number of fused-ring (bicyclic) bond motifs is 1. The summed E-state index contributed by atoms with van der Waals surface area (Å²) in [5, 5.41) is 2.15. The highest BCUT2D eigenvalue weighted by Crippen LogP contribution is 2.40. The first-order chi connectivity index (χ1) is 18.6. The molecule has 0 aliphatic rings. The van der Waals surface area contributed by atoms with Crippen molar-refractivity contribution in [1.29, 1.82) is 0 Å². The SMILES string of the molecule is Cc1ccc(N(c2ccccc2)c2ccc(-c3cccc4cccc(-c5ccccc5F)c34)cc2)cc1C. The third-order valence-electron chi connectivity index (χ3n) is 7.27. The van der Waals surface area contributed by atoms with Crippen LogP contribution in [0.3, 0.4) is 0 Å². The van der Waals surface area contributed by atoms with Crippen LogP contribution in [0, 0.1) is 19.7 Å². The molecule has 0 atom stereocenters. The molecule has 0 unspecified atom stereocenters. The number of nitrogens with zero attached hydrogens (tertiary/aromatic N) is 1. The van der Waals surface area contributed by atoms with Crippen molar-refractivity contribution in [2.45, 2.75) is 13.8 Å². The van der Waals surface area contributed by atoms with E-state index in [0.717, 1.165) is 44.5 Å². The first kappa shape index (κ1) is 23.7. The van der Waals surface area contributed by atoms with Crippen molar-refractivity contribution in [3.63, 3.8) is 0 Å². The van der Waals surface area contributed by atoms with Crippen LogP contribution in [-0.4, -0.2) is 0 Å². The van der Waals surface area contributed by atoms with E-state index in [1.165, 1.54) is 17.2 Å². The highest BCUT2D eigenvalue weighted by atomic mass is 19.1. The summed E-state index contributed by atoms with van der Waals surface area (Å²) in [6.45, 7) is 4.29. The van der Waals surface area contributed by atoms with Gasteiger partial charge in [0.2, 0.25) is 0 Å². The lowest BCUT2D eigenvalue weighted by molar-refractivity contribution is 0.631. The number of hydrogen-bond acceptors (Lipinski definition) is 1. The highest BCUT2D eigenvalue weighted by Gasteiger charge is 2.15. The van der Waals surface area contributed by atoms with E-state index < -0.39 is 0 Å². The molecule has 0 aromatic heterocycles. The minimum Gasteiger partial charge on any atom is -0.310 e. The van der Waals surface area contributed by atoms with Crippen molar-refractivity contribution < 1.29 is 4.39 Å². The molecule has 0 bridgehead atoms. The van der Waals surface area contributed by atoms with Crippen molar-refractivity contribution in [3.8, 4) is 22.3 Å². The van der Waals surface area contributed by atoms with Crippen LogP contribution in [0.2, 0.25) is 0 Å². The lowest BCUT2D eigenvalue weighted by atomic mass is 9.91. The van der Waals surface area contributed by atoms with Gasteiger partial charge in [-0.15, -0.1) is 0 Å². The Bertz CT molecular complexity index is 1730. The fourth-order valence-electron chi connectivity index (χ4n) is 5.16. The summed E-state index contributed by atoms with van der Waals surface area (Å²) >= 11 is 0. The number of anilines is 3. The maximum absolute atomic E-state index is 14.8. The molecule has 0 radical (unpaired) electrons. The van der Waals surface area contributed by atoms with Crippen LogP contribution in [0.1, 0.15) is 11.1 Å². The monoisotopic (exact) mass is 493 g/mol. The molecule has 2 heteroatoms. The second-order valence-electron chi connectivity index (χ2n) is 9.68. The van der Waals surface area contributed by atoms with E-state index in [1.54, 1.807) is 6.07 Å². The van der Waals surface area contributed by atoms with Gasteiger partial charge in [-0.3, -0.25) is 0 Å². The molecule has 0 saturated carbocycles. The lowest BCUT2D eigenvalue weighted by Gasteiger charge is -2.26. The second kappa shape index (κ2) is 9.99. The summed E-state index contributed by atoms with van der Waals surface area (Å²) in [5.74, 6) is -0.211. The van der Waals surface area contributed by atoms with Crippen molar-refractivity contribution >= 4 is 27.8 Å². The zero-order chi connectivity index (χ0) is 26.1. The van der Waals surface area contributed by atoms with Crippen molar-refractivity contribution in [1.82, 2.24) is 0 Å². The predicted molar refractivity (Wildman–Crippen MR) is 159 cm³/mol. The van der Waals surface area contributed by atoms with Gasteiger partial charge < -0.3 is 4.90 Å². The average Bonchev–Trinajstić information content (AvgIpc) is 2.96. The number of halogens is 1. The fourth-order valence-corrected chi connectivity index (χ4v) is 5.16. The van der Waals surface area contributed by atoms with Crippen LogP contribution in [-0.2, 0) is 0 Å². The predicted octanol–water partition coefficient (Wildman–Crippen LogP) is 10.4. The molecular formula is C36H28FN. The molecule has 0 N–H and O–H groups in total. The van der Waals surface area contributed by atoms with Crippen LogP contribution in [0.15, 0.2) is 133 Å². The van der Waals surface area contributed by atoms with E-state index in [4.69, 9.17) is 0 Å². The van der Waals surface area contributed by atoms with Crippen LogP contribution < -0.4 is 4.90 Å². The molecule has 0 aliphatic heterocycles. The van der Waals surface area contributed by atoms with Crippen molar-refractivity contribution in [2.24, 2.45) is 0 Å². The molecule has 0 spiro atoms. The van der Waals surface area contributed by atoms with Gasteiger partial charge in [-0.2, -0.15) is 0 Å². The molecule has 0 heterocycles. The summed E-state index contributed by atoms with van der Waals surface area (Å²) in [6, 6.07) is 45.1. The first-order valence-electron chi connectivity index (χ1n) is 12.9. The van der Waals surface area contributed by atoms with Gasteiger partial charge in [-0.1, -0.05) is 91.0 Å². The van der Waals surface area contributed by atoms with E-state index in [0.29, 0.717) is 5.56 Å². The molecule has 38 heavy (non-hydrogen) atoms. The standard InChI is InChI=1S/C36H28FN/c1-25-18-21-31(24-26(25)2)38(29-12-4-3-5-13-29)30-22-19-27(20-23-30)32-15-8-10-28-11-9-16-34(36(28)32)33-14-6-7-17-35(33)37/h3-24H,1-2H3. The number of hydrogen-bond donors (Lipinski definition) is 0. The van der Waals surface area contributed by atoms with E-state index in [9.17, 15) is 4.39 Å². The Morgan fingerprint density at radius 1 is 0.474 bits per heavy atom. The fraction of sp³-hybridized carbons (Fsp3) is 0.0556. The number of aryl methyl sites for hydroxylation is 2. The Balaban J connectivity index is 1.48. The molecule has 184 valence electrons. The number of para-hydroxylation sites is 1. The zero-order valence-corrected chi connectivity index (χ0v) is 21.5. The molecular weight excluding hydrogens is 465 g/mol. The molecule has 6 aromatic rings. The maximum atomic E-state index is 14.8. The Labute approximate surface area is 223 Å². The summed E-state index contributed by atoms with van der Waals surface area (Å²) in [6.07, 6.45) is 0. The molecule has 0 fully saturated rings. The van der Waals surface area contributed by atoms with Crippen LogP contribution >= 0.6 is 0 Å². The highest BCUT2D eigenvalue weighted by molar-refractivity contribution is 6.06. The molecule has 0 saturated heterocycles. The van der Waals surface area contributed by atoms with Crippen LogP contribution in [0.25, 0.3) is 33.0 Å². The van der Waals surface area contributed by atoms with Gasteiger partial charge >= 0.3 is 0 Å². The Morgan fingerprint density at radius 2 is 1.08 bits per heavy atom. The van der Waals surface area contributed by atoms with E-state index in [1.807, 2.05) is 30.3 Å². The quantitative estimate of drug-likeness (QED) is 0.231. The summed E-state index contributed by atoms with van der Waals surface area (Å²) in [5.41, 5.74) is 9.55.